The lowest BCUT2D eigenvalue weighted by Crippen LogP contribution is -2.42. The molecule has 0 saturated heterocycles. The van der Waals surface area contributed by atoms with Crippen LogP contribution in [0.25, 0.3) is 0 Å². The maximum Gasteiger partial charge on any atom is 0.336 e. The normalized spacial score (nSPS) is 12.1. The third kappa shape index (κ3) is 9.25. The SMILES string of the molecule is COc1cc(CN(CCCn2ccnc2)Cc2ccc(C)o2)cc2c1OCO2.O=C(O)CC(O)(CC(=O)O)C(=O)O. The van der Waals surface area contributed by atoms with E-state index in [1.165, 1.54) is 0 Å². The van der Waals surface area contributed by atoms with Gasteiger partial charge in [-0.1, -0.05) is 0 Å². The van der Waals surface area contributed by atoms with Crippen LogP contribution in [0.15, 0.2) is 47.4 Å². The minimum absolute atomic E-state index is 0.232. The second-order valence-corrected chi connectivity index (χ2v) is 9.39. The molecule has 0 amide bonds. The van der Waals surface area contributed by atoms with Crippen LogP contribution in [0.3, 0.4) is 0 Å². The number of nitrogens with zero attached hydrogens (tertiary/aromatic N) is 3. The predicted octanol–water partition coefficient (Wildman–Crippen LogP) is 2.37. The first-order valence-electron chi connectivity index (χ1n) is 12.6. The largest absolute Gasteiger partial charge is 0.493 e. The van der Waals surface area contributed by atoms with Crippen molar-refractivity contribution in [2.24, 2.45) is 0 Å². The van der Waals surface area contributed by atoms with Gasteiger partial charge in [-0.25, -0.2) is 9.78 Å². The highest BCUT2D eigenvalue weighted by Gasteiger charge is 2.40. The fourth-order valence-electron chi connectivity index (χ4n) is 4.15. The number of fused-ring (bicyclic) bond motifs is 1. The van der Waals surface area contributed by atoms with E-state index in [0.29, 0.717) is 11.5 Å². The van der Waals surface area contributed by atoms with Crippen molar-refractivity contribution in [3.8, 4) is 17.2 Å². The van der Waals surface area contributed by atoms with Crippen LogP contribution < -0.4 is 14.2 Å². The molecule has 3 aromatic rings. The Hall–Kier alpha value is -4.56. The lowest BCUT2D eigenvalue weighted by Gasteiger charge is -2.22. The average molecular weight is 576 g/mol. The fraction of sp³-hybridized carbons (Fsp3) is 0.407. The van der Waals surface area contributed by atoms with E-state index in [9.17, 15) is 14.4 Å². The number of rotatable bonds is 14. The molecule has 0 spiro atoms. The number of methoxy groups -OCH3 is 1. The molecule has 1 aromatic carbocycles. The van der Waals surface area contributed by atoms with Gasteiger partial charge in [0, 0.05) is 32.0 Å². The van der Waals surface area contributed by atoms with Crippen molar-refractivity contribution in [3.63, 3.8) is 0 Å². The van der Waals surface area contributed by atoms with Crippen LogP contribution in [0.5, 0.6) is 17.2 Å². The van der Waals surface area contributed by atoms with Crippen molar-refractivity contribution in [2.45, 2.75) is 51.4 Å². The minimum atomic E-state index is -2.74. The number of benzene rings is 1. The summed E-state index contributed by atoms with van der Waals surface area (Å²) >= 11 is 0. The Balaban J connectivity index is 0.000000302. The number of carboxylic acid groups (broad SMARTS) is 3. The number of hydrogen-bond acceptors (Lipinski definition) is 10. The third-order valence-corrected chi connectivity index (χ3v) is 6.04. The zero-order chi connectivity index (χ0) is 30.0. The Morgan fingerprint density at radius 2 is 1.83 bits per heavy atom. The molecular formula is C27H33N3O11. The number of hydrogen-bond donors (Lipinski definition) is 4. The van der Waals surface area contributed by atoms with Crippen molar-refractivity contribution in [2.75, 3.05) is 20.4 Å². The Kier molecular flexibility index (Phi) is 10.7. The van der Waals surface area contributed by atoms with Crippen LogP contribution in [-0.4, -0.2) is 78.8 Å². The van der Waals surface area contributed by atoms with E-state index in [0.717, 1.165) is 55.4 Å². The highest BCUT2D eigenvalue weighted by molar-refractivity contribution is 5.88. The molecular weight excluding hydrogens is 542 g/mol. The van der Waals surface area contributed by atoms with Gasteiger partial charge in [0.25, 0.3) is 0 Å². The number of aromatic nitrogens is 2. The highest BCUT2D eigenvalue weighted by Crippen LogP contribution is 2.42. The lowest BCUT2D eigenvalue weighted by atomic mass is 9.96. The van der Waals surface area contributed by atoms with Crippen LogP contribution in [0.4, 0.5) is 0 Å². The summed E-state index contributed by atoms with van der Waals surface area (Å²) in [6.45, 7) is 5.56. The summed E-state index contributed by atoms with van der Waals surface area (Å²) in [5.74, 6) is -1.00. The maximum atomic E-state index is 10.3. The number of ether oxygens (including phenoxy) is 3. The van der Waals surface area contributed by atoms with Crippen molar-refractivity contribution >= 4 is 17.9 Å². The van der Waals surface area contributed by atoms with E-state index in [-0.39, 0.29) is 6.79 Å². The maximum absolute atomic E-state index is 10.3. The third-order valence-electron chi connectivity index (χ3n) is 6.04. The molecule has 2 aromatic heterocycles. The summed E-state index contributed by atoms with van der Waals surface area (Å²) in [5.41, 5.74) is -1.62. The van der Waals surface area contributed by atoms with Crippen LogP contribution in [0, 0.1) is 6.92 Å². The monoisotopic (exact) mass is 575 g/mol. The smallest absolute Gasteiger partial charge is 0.336 e. The van der Waals surface area contributed by atoms with Gasteiger partial charge in [0.05, 0.1) is 32.8 Å². The lowest BCUT2D eigenvalue weighted by molar-refractivity contribution is -0.170. The zero-order valence-corrected chi connectivity index (χ0v) is 22.7. The van der Waals surface area contributed by atoms with Gasteiger partial charge in [-0.3, -0.25) is 14.5 Å². The van der Waals surface area contributed by atoms with Crippen LogP contribution in [-0.2, 0) is 34.0 Å². The van der Waals surface area contributed by atoms with Crippen LogP contribution in [0.2, 0.25) is 0 Å². The first-order chi connectivity index (χ1) is 19.5. The fourth-order valence-corrected chi connectivity index (χ4v) is 4.15. The van der Waals surface area contributed by atoms with Gasteiger partial charge in [-0.05, 0) is 43.2 Å². The topological polar surface area (TPSA) is 194 Å². The Labute approximate surface area is 235 Å². The summed E-state index contributed by atoms with van der Waals surface area (Å²) in [6.07, 6.45) is 4.37. The summed E-state index contributed by atoms with van der Waals surface area (Å²) < 4.78 is 24.4. The van der Waals surface area contributed by atoms with E-state index in [4.69, 9.17) is 39.1 Å². The van der Waals surface area contributed by atoms with Crippen molar-refractivity contribution in [1.82, 2.24) is 14.5 Å². The number of carbonyl (C=O) groups is 3. The van der Waals surface area contributed by atoms with Crippen LogP contribution in [0.1, 0.15) is 36.3 Å². The van der Waals surface area contributed by atoms with Gasteiger partial charge >= 0.3 is 17.9 Å². The van der Waals surface area contributed by atoms with Gasteiger partial charge in [0.2, 0.25) is 12.5 Å². The molecule has 1 aliphatic rings. The molecule has 222 valence electrons. The molecule has 0 saturated carbocycles. The number of aliphatic hydroxyl groups is 1. The van der Waals surface area contributed by atoms with Crippen LogP contribution >= 0.6 is 0 Å². The Morgan fingerprint density at radius 3 is 2.39 bits per heavy atom. The van der Waals surface area contributed by atoms with Gasteiger partial charge in [0.1, 0.15) is 11.5 Å². The molecule has 3 heterocycles. The highest BCUT2D eigenvalue weighted by atomic mass is 16.7. The Bertz CT molecular complexity index is 1300. The number of imidazole rings is 1. The molecule has 0 bridgehead atoms. The first kappa shape index (κ1) is 31.0. The van der Waals surface area contributed by atoms with Gasteiger partial charge < -0.3 is 43.6 Å². The number of aliphatic carboxylic acids is 3. The second kappa shape index (κ2) is 14.2. The van der Waals surface area contributed by atoms with Gasteiger partial charge in [-0.2, -0.15) is 0 Å². The minimum Gasteiger partial charge on any atom is -0.493 e. The molecule has 0 unspecified atom stereocenters. The molecule has 14 nitrogen and oxygen atoms in total. The molecule has 41 heavy (non-hydrogen) atoms. The van der Waals surface area contributed by atoms with Crippen molar-refractivity contribution in [1.29, 1.82) is 0 Å². The molecule has 4 rings (SSSR count). The summed E-state index contributed by atoms with van der Waals surface area (Å²) in [7, 11) is 1.65. The zero-order valence-electron chi connectivity index (χ0n) is 22.7. The molecule has 1 aliphatic heterocycles. The average Bonchev–Trinajstić information content (AvgIpc) is 3.65. The van der Waals surface area contributed by atoms with E-state index in [2.05, 4.69) is 14.5 Å². The van der Waals surface area contributed by atoms with E-state index in [1.54, 1.807) is 7.11 Å². The first-order valence-corrected chi connectivity index (χ1v) is 12.6. The number of furan rings is 1. The van der Waals surface area contributed by atoms with Gasteiger partial charge in [-0.15, -0.1) is 0 Å². The van der Waals surface area contributed by atoms with E-state index >= 15 is 0 Å². The van der Waals surface area contributed by atoms with Crippen molar-refractivity contribution in [3.05, 3.63) is 60.1 Å². The molecule has 0 atom stereocenters. The molecule has 14 heteroatoms. The molecule has 0 radical (unpaired) electrons. The van der Waals surface area contributed by atoms with E-state index in [1.807, 2.05) is 49.9 Å². The predicted molar refractivity (Wildman–Crippen MR) is 141 cm³/mol. The molecule has 0 fully saturated rings. The molecule has 4 N–H and O–H groups in total. The Morgan fingerprint density at radius 1 is 1.10 bits per heavy atom. The molecule has 0 aliphatic carbocycles. The summed E-state index contributed by atoms with van der Waals surface area (Å²) in [6, 6.07) is 8.09. The number of aryl methyl sites for hydroxylation is 2. The van der Waals surface area contributed by atoms with Gasteiger partial charge in [0.15, 0.2) is 17.1 Å². The van der Waals surface area contributed by atoms with Crippen molar-refractivity contribution < 1.29 is 53.4 Å². The summed E-state index contributed by atoms with van der Waals surface area (Å²) in [5, 5.41) is 33.8. The standard InChI is InChI=1S/C21H25N3O4.C6H8O7/c1-16-4-5-18(28-16)13-24(8-3-7-23-9-6-22-14-23)12-17-10-19(25-2)21-20(11-17)26-15-27-21;7-3(8)1-6(13,5(11)12)2-4(9)10/h4-6,9-11,14H,3,7-8,12-13,15H2,1-2H3;13H,1-2H2,(H,7,8)(H,9,10)(H,11,12). The number of carboxylic acids is 3. The second-order valence-electron chi connectivity index (χ2n) is 9.39. The quantitative estimate of drug-likeness (QED) is 0.219. The summed E-state index contributed by atoms with van der Waals surface area (Å²) in [4.78, 5) is 37.0. The van der Waals surface area contributed by atoms with E-state index < -0.39 is 36.4 Å².